The highest BCUT2D eigenvalue weighted by Crippen LogP contribution is 2.44. The minimum atomic E-state index is 0.557. The summed E-state index contributed by atoms with van der Waals surface area (Å²) in [5, 5.41) is 4.43. The molecule has 0 unspecified atom stereocenters. The predicted octanol–water partition coefficient (Wildman–Crippen LogP) is 15.2. The zero-order chi connectivity index (χ0) is 42.8. The molecule has 0 fully saturated rings. The standard InChI is InChI=1S/C59H39N5O/c1-5-18-38(19-6-1)42-26-15-27-43(36-42)49-37-48(40-22-9-3-10-23-40)61-59(62-49)64-52-35-34-47-57(65-58(60-47)41-24-11-4-12-25-41)55(52)46-30-17-33-53(56(46)64)63-50-31-14-13-28-45(50)54-44(29-16-32-51(54)63)39-20-7-2-8-21-39/h1-7,9-20,22-37H,8,21H2. The maximum atomic E-state index is 6.84. The van der Waals surface area contributed by atoms with E-state index in [1.807, 2.05) is 36.4 Å². The number of para-hydroxylation sites is 2. The molecule has 6 nitrogen and oxygen atoms in total. The molecule has 0 N–H and O–H groups in total. The lowest BCUT2D eigenvalue weighted by molar-refractivity contribution is 0.623. The highest BCUT2D eigenvalue weighted by atomic mass is 16.3. The van der Waals surface area contributed by atoms with Crippen LogP contribution >= 0.6 is 0 Å². The second-order valence-corrected chi connectivity index (χ2v) is 16.7. The van der Waals surface area contributed by atoms with Gasteiger partial charge in [0.2, 0.25) is 11.8 Å². The Balaban J connectivity index is 1.15. The molecule has 8 aromatic carbocycles. The van der Waals surface area contributed by atoms with Gasteiger partial charge in [-0.05, 0) is 89.7 Å². The van der Waals surface area contributed by atoms with E-state index in [9.17, 15) is 0 Å². The smallest absolute Gasteiger partial charge is 0.235 e. The van der Waals surface area contributed by atoms with Gasteiger partial charge in [0.05, 0.1) is 44.5 Å². The van der Waals surface area contributed by atoms with E-state index in [0.29, 0.717) is 11.8 Å². The Morgan fingerprint density at radius 1 is 0.462 bits per heavy atom. The number of hydrogen-bond acceptors (Lipinski definition) is 4. The Labute approximate surface area is 374 Å². The lowest BCUT2D eigenvalue weighted by atomic mass is 9.93. The number of oxazole rings is 1. The lowest BCUT2D eigenvalue weighted by Gasteiger charge is -2.15. The van der Waals surface area contributed by atoms with Gasteiger partial charge < -0.3 is 8.98 Å². The first-order valence-corrected chi connectivity index (χ1v) is 22.2. The molecule has 0 saturated carbocycles. The fourth-order valence-electron chi connectivity index (χ4n) is 9.91. The topological polar surface area (TPSA) is 61.7 Å². The average Bonchev–Trinajstić information content (AvgIpc) is 4.08. The van der Waals surface area contributed by atoms with E-state index in [1.54, 1.807) is 0 Å². The molecule has 0 bridgehead atoms. The monoisotopic (exact) mass is 833 g/mol. The minimum absolute atomic E-state index is 0.557. The van der Waals surface area contributed by atoms with Crippen molar-refractivity contribution in [2.45, 2.75) is 12.8 Å². The molecule has 0 spiro atoms. The van der Waals surface area contributed by atoms with Crippen molar-refractivity contribution in [3.8, 4) is 56.7 Å². The molecular formula is C59H39N5O. The molecule has 13 rings (SSSR count). The second kappa shape index (κ2) is 15.0. The molecule has 1 aliphatic rings. The van der Waals surface area contributed by atoms with Crippen LogP contribution in [0.25, 0.3) is 117 Å². The van der Waals surface area contributed by atoms with Gasteiger partial charge in [0, 0.05) is 32.8 Å². The van der Waals surface area contributed by atoms with Crippen molar-refractivity contribution < 1.29 is 4.42 Å². The molecule has 0 amide bonds. The van der Waals surface area contributed by atoms with E-state index in [0.717, 1.165) is 102 Å². The molecule has 4 aromatic heterocycles. The summed E-state index contributed by atoms with van der Waals surface area (Å²) in [6.07, 6.45) is 8.76. The van der Waals surface area contributed by atoms with E-state index in [2.05, 4.69) is 185 Å². The zero-order valence-corrected chi connectivity index (χ0v) is 35.3. The second-order valence-electron chi connectivity index (χ2n) is 16.7. The first-order valence-electron chi connectivity index (χ1n) is 22.2. The van der Waals surface area contributed by atoms with Gasteiger partial charge in [0.1, 0.15) is 5.52 Å². The number of fused-ring (bicyclic) bond motifs is 8. The van der Waals surface area contributed by atoms with Crippen molar-refractivity contribution in [3.63, 3.8) is 0 Å². The summed E-state index contributed by atoms with van der Waals surface area (Å²) >= 11 is 0. The van der Waals surface area contributed by atoms with Crippen LogP contribution in [0.5, 0.6) is 0 Å². The van der Waals surface area contributed by atoms with E-state index in [4.69, 9.17) is 19.4 Å². The van der Waals surface area contributed by atoms with Crippen molar-refractivity contribution in [2.24, 2.45) is 0 Å². The van der Waals surface area contributed by atoms with Crippen molar-refractivity contribution in [2.75, 3.05) is 0 Å². The maximum absolute atomic E-state index is 6.84. The average molecular weight is 834 g/mol. The third kappa shape index (κ3) is 6.06. The Hall–Kier alpha value is -8.61. The third-order valence-electron chi connectivity index (χ3n) is 12.9. The fraction of sp³-hybridized carbons (Fsp3) is 0.0339. The molecule has 1 aliphatic carbocycles. The van der Waals surface area contributed by atoms with Crippen LogP contribution in [0, 0.1) is 0 Å². The summed E-state index contributed by atoms with van der Waals surface area (Å²) < 4.78 is 11.5. The van der Waals surface area contributed by atoms with E-state index < -0.39 is 0 Å². The quantitative estimate of drug-likeness (QED) is 0.160. The van der Waals surface area contributed by atoms with Crippen LogP contribution in [0.4, 0.5) is 0 Å². The molecule has 65 heavy (non-hydrogen) atoms. The number of hydrogen-bond donors (Lipinski definition) is 0. The first-order chi connectivity index (χ1) is 32.2. The minimum Gasteiger partial charge on any atom is -0.435 e. The van der Waals surface area contributed by atoms with Crippen molar-refractivity contribution in [3.05, 3.63) is 218 Å². The molecule has 0 atom stereocenters. The zero-order valence-electron chi connectivity index (χ0n) is 35.3. The summed E-state index contributed by atoms with van der Waals surface area (Å²) in [7, 11) is 0. The van der Waals surface area contributed by atoms with Gasteiger partial charge in [0.25, 0.3) is 0 Å². The fourth-order valence-corrected chi connectivity index (χ4v) is 9.91. The molecule has 0 saturated heterocycles. The van der Waals surface area contributed by atoms with E-state index in [1.165, 1.54) is 21.9 Å². The van der Waals surface area contributed by atoms with Gasteiger partial charge in [-0.25, -0.2) is 15.0 Å². The maximum Gasteiger partial charge on any atom is 0.235 e. The summed E-state index contributed by atoms with van der Waals surface area (Å²) in [5.74, 6) is 1.14. The summed E-state index contributed by atoms with van der Waals surface area (Å²) in [6, 6.07) is 68.1. The van der Waals surface area contributed by atoms with Gasteiger partial charge in [-0.2, -0.15) is 0 Å². The molecule has 306 valence electrons. The Kier molecular flexibility index (Phi) is 8.56. The van der Waals surface area contributed by atoms with Crippen LogP contribution in [0.3, 0.4) is 0 Å². The Morgan fingerprint density at radius 2 is 1.11 bits per heavy atom. The summed E-state index contributed by atoms with van der Waals surface area (Å²) in [5.41, 5.74) is 16.1. The highest BCUT2D eigenvalue weighted by Gasteiger charge is 2.26. The van der Waals surface area contributed by atoms with Crippen LogP contribution < -0.4 is 0 Å². The number of nitrogens with zero attached hydrogens (tertiary/aromatic N) is 5. The third-order valence-corrected chi connectivity index (χ3v) is 12.9. The van der Waals surface area contributed by atoms with Crippen LogP contribution in [0.15, 0.2) is 217 Å². The van der Waals surface area contributed by atoms with Crippen LogP contribution in [0.1, 0.15) is 18.4 Å². The predicted molar refractivity (Wildman–Crippen MR) is 266 cm³/mol. The number of allylic oxidation sites excluding steroid dienone is 4. The SMILES string of the molecule is C1=CCCC(c2cccc3c2c2ccccc2n3-c2cccc3c4c5oc(-c6ccccc6)nc5ccc4n(-c4nc(-c5ccccc5)cc(-c5cccc(-c6ccccc6)c5)n4)c23)=C1. The van der Waals surface area contributed by atoms with Gasteiger partial charge in [0.15, 0.2) is 5.58 Å². The molecule has 0 aliphatic heterocycles. The van der Waals surface area contributed by atoms with Crippen molar-refractivity contribution in [1.29, 1.82) is 0 Å². The molecular weight excluding hydrogens is 795 g/mol. The van der Waals surface area contributed by atoms with Crippen LogP contribution in [0.2, 0.25) is 0 Å². The number of benzene rings is 8. The van der Waals surface area contributed by atoms with Crippen LogP contribution in [-0.2, 0) is 0 Å². The first kappa shape index (κ1) is 37.0. The summed E-state index contributed by atoms with van der Waals surface area (Å²) in [4.78, 5) is 16.1. The van der Waals surface area contributed by atoms with Gasteiger partial charge in [-0.15, -0.1) is 0 Å². The number of aromatic nitrogens is 5. The van der Waals surface area contributed by atoms with E-state index in [-0.39, 0.29) is 0 Å². The molecule has 12 aromatic rings. The van der Waals surface area contributed by atoms with Gasteiger partial charge >= 0.3 is 0 Å². The largest absolute Gasteiger partial charge is 0.435 e. The normalized spacial score (nSPS) is 12.8. The van der Waals surface area contributed by atoms with Crippen LogP contribution in [-0.4, -0.2) is 24.1 Å². The molecule has 4 heterocycles. The highest BCUT2D eigenvalue weighted by molar-refractivity contribution is 6.22. The van der Waals surface area contributed by atoms with E-state index >= 15 is 0 Å². The van der Waals surface area contributed by atoms with Crippen molar-refractivity contribution >= 4 is 60.3 Å². The summed E-state index contributed by atoms with van der Waals surface area (Å²) in [6.45, 7) is 0. The lowest BCUT2D eigenvalue weighted by Crippen LogP contribution is -2.06. The Bertz CT molecular complexity index is 3870. The van der Waals surface area contributed by atoms with Gasteiger partial charge in [-0.3, -0.25) is 4.57 Å². The van der Waals surface area contributed by atoms with Gasteiger partial charge in [-0.1, -0.05) is 158 Å². The number of rotatable bonds is 7. The van der Waals surface area contributed by atoms with Crippen molar-refractivity contribution in [1.82, 2.24) is 24.1 Å². The molecule has 6 heteroatoms. The molecule has 0 radical (unpaired) electrons. The Morgan fingerprint density at radius 3 is 1.91 bits per heavy atom.